The summed E-state index contributed by atoms with van der Waals surface area (Å²) in [4.78, 5) is 24.4. The number of carbonyl (C=O) groups excluding carboxylic acids is 2. The molecule has 30 heavy (non-hydrogen) atoms. The van der Waals surface area contributed by atoms with Crippen molar-refractivity contribution in [1.82, 2.24) is 0 Å². The highest BCUT2D eigenvalue weighted by molar-refractivity contribution is 6.02. The summed E-state index contributed by atoms with van der Waals surface area (Å²) in [6.45, 7) is 0.213. The molecule has 0 atom stereocenters. The molecule has 0 spiro atoms. The Morgan fingerprint density at radius 3 is 2.37 bits per heavy atom. The van der Waals surface area contributed by atoms with Crippen LogP contribution in [0, 0.1) is 0 Å². The van der Waals surface area contributed by atoms with Gasteiger partial charge < -0.3 is 20.5 Å². The number of anilines is 1. The van der Waals surface area contributed by atoms with Gasteiger partial charge in [0.05, 0.1) is 5.41 Å². The summed E-state index contributed by atoms with van der Waals surface area (Å²) in [7, 11) is 0. The van der Waals surface area contributed by atoms with Crippen LogP contribution in [0.1, 0.15) is 28.8 Å². The molecule has 1 aliphatic heterocycles. The highest BCUT2D eigenvalue weighted by Gasteiger charge is 2.51. The van der Waals surface area contributed by atoms with Crippen LogP contribution in [0.4, 0.5) is 5.69 Å². The summed E-state index contributed by atoms with van der Waals surface area (Å²) in [5.41, 5.74) is 8.79. The van der Waals surface area contributed by atoms with Gasteiger partial charge in [-0.05, 0) is 65.9 Å². The zero-order valence-corrected chi connectivity index (χ0v) is 16.2. The van der Waals surface area contributed by atoms with Crippen molar-refractivity contribution in [2.75, 3.05) is 12.1 Å². The lowest BCUT2D eigenvalue weighted by Crippen LogP contribution is -2.27. The molecule has 0 aromatic heterocycles. The standard InChI is InChI=1S/C24H20N2O4/c25-22(27)16-6-4-15(5-7-16)17-2-1-3-19(12-17)26-23(28)24(10-11-24)18-8-9-20-21(13-18)30-14-29-20/h1-9,12-13H,10-11,14H2,(H2,25,27)(H,26,28). The van der Waals surface area contributed by atoms with Gasteiger partial charge in [-0.2, -0.15) is 0 Å². The lowest BCUT2D eigenvalue weighted by atomic mass is 9.94. The van der Waals surface area contributed by atoms with Crippen LogP contribution in [-0.4, -0.2) is 18.6 Å². The molecule has 1 saturated carbocycles. The summed E-state index contributed by atoms with van der Waals surface area (Å²) in [5, 5.41) is 3.07. The van der Waals surface area contributed by atoms with Crippen LogP contribution in [0.15, 0.2) is 66.7 Å². The molecule has 2 amide bonds. The molecule has 0 radical (unpaired) electrons. The molecule has 3 aromatic rings. The number of amides is 2. The second-order valence-corrected chi connectivity index (χ2v) is 7.63. The number of carbonyl (C=O) groups is 2. The lowest BCUT2D eigenvalue weighted by Gasteiger charge is -2.17. The summed E-state index contributed by atoms with van der Waals surface area (Å²) >= 11 is 0. The summed E-state index contributed by atoms with van der Waals surface area (Å²) in [6.07, 6.45) is 1.60. The predicted molar refractivity (Wildman–Crippen MR) is 113 cm³/mol. The Kier molecular flexibility index (Phi) is 4.20. The lowest BCUT2D eigenvalue weighted by molar-refractivity contribution is -0.118. The normalized spacial score (nSPS) is 15.5. The zero-order valence-electron chi connectivity index (χ0n) is 16.2. The van der Waals surface area contributed by atoms with E-state index < -0.39 is 11.3 Å². The number of primary amides is 1. The number of hydrogen-bond acceptors (Lipinski definition) is 4. The molecule has 1 fully saturated rings. The first-order valence-electron chi connectivity index (χ1n) is 9.77. The van der Waals surface area contributed by atoms with Crippen LogP contribution >= 0.6 is 0 Å². The molecular formula is C24H20N2O4. The Morgan fingerprint density at radius 1 is 0.867 bits per heavy atom. The van der Waals surface area contributed by atoms with Crippen LogP contribution in [0.25, 0.3) is 11.1 Å². The Labute approximate surface area is 173 Å². The second kappa shape index (κ2) is 6.91. The third-order valence-corrected chi connectivity index (χ3v) is 5.73. The number of nitrogens with two attached hydrogens (primary N) is 1. The fourth-order valence-corrected chi connectivity index (χ4v) is 3.82. The van der Waals surface area contributed by atoms with Crippen LogP contribution in [-0.2, 0) is 10.2 Å². The van der Waals surface area contributed by atoms with Crippen molar-refractivity contribution < 1.29 is 19.1 Å². The summed E-state index contributed by atoms with van der Waals surface area (Å²) < 4.78 is 10.8. The van der Waals surface area contributed by atoms with Crippen molar-refractivity contribution in [3.05, 3.63) is 77.9 Å². The van der Waals surface area contributed by atoms with Gasteiger partial charge in [-0.3, -0.25) is 9.59 Å². The molecule has 3 N–H and O–H groups in total. The monoisotopic (exact) mass is 400 g/mol. The van der Waals surface area contributed by atoms with E-state index in [9.17, 15) is 9.59 Å². The van der Waals surface area contributed by atoms with Gasteiger partial charge in [0.15, 0.2) is 11.5 Å². The van der Waals surface area contributed by atoms with Gasteiger partial charge in [-0.15, -0.1) is 0 Å². The van der Waals surface area contributed by atoms with E-state index in [0.717, 1.165) is 35.2 Å². The summed E-state index contributed by atoms with van der Waals surface area (Å²) in [5.74, 6) is 0.918. The first kappa shape index (κ1) is 18.2. The quantitative estimate of drug-likeness (QED) is 0.681. The van der Waals surface area contributed by atoms with Crippen LogP contribution in [0.2, 0.25) is 0 Å². The van der Waals surface area contributed by atoms with E-state index in [0.29, 0.717) is 17.1 Å². The maximum absolute atomic E-state index is 13.1. The van der Waals surface area contributed by atoms with E-state index in [1.165, 1.54) is 0 Å². The van der Waals surface area contributed by atoms with Crippen LogP contribution in [0.3, 0.4) is 0 Å². The zero-order chi connectivity index (χ0) is 20.7. The Balaban J connectivity index is 1.36. The number of fused-ring (bicyclic) bond motifs is 1. The maximum Gasteiger partial charge on any atom is 0.248 e. The van der Waals surface area contributed by atoms with E-state index in [2.05, 4.69) is 5.32 Å². The van der Waals surface area contributed by atoms with Crippen molar-refractivity contribution in [1.29, 1.82) is 0 Å². The van der Waals surface area contributed by atoms with Gasteiger partial charge in [-0.1, -0.05) is 30.3 Å². The van der Waals surface area contributed by atoms with Crippen LogP contribution < -0.4 is 20.5 Å². The fourth-order valence-electron chi connectivity index (χ4n) is 3.82. The van der Waals surface area contributed by atoms with E-state index in [4.69, 9.17) is 15.2 Å². The van der Waals surface area contributed by atoms with E-state index in [1.54, 1.807) is 12.1 Å². The third kappa shape index (κ3) is 3.16. The molecule has 6 heteroatoms. The molecule has 3 aromatic carbocycles. The third-order valence-electron chi connectivity index (χ3n) is 5.73. The van der Waals surface area contributed by atoms with Gasteiger partial charge >= 0.3 is 0 Å². The first-order valence-corrected chi connectivity index (χ1v) is 9.77. The van der Waals surface area contributed by atoms with Gasteiger partial charge in [-0.25, -0.2) is 0 Å². The minimum atomic E-state index is -0.528. The molecular weight excluding hydrogens is 380 g/mol. The van der Waals surface area contributed by atoms with Crippen molar-refractivity contribution in [3.63, 3.8) is 0 Å². The average molecular weight is 400 g/mol. The van der Waals surface area contributed by atoms with Crippen molar-refractivity contribution >= 4 is 17.5 Å². The van der Waals surface area contributed by atoms with Gasteiger partial charge in [0, 0.05) is 11.3 Å². The van der Waals surface area contributed by atoms with E-state index >= 15 is 0 Å². The SMILES string of the molecule is NC(=O)c1ccc(-c2cccc(NC(=O)C3(c4ccc5c(c4)OCO5)CC3)c2)cc1. The van der Waals surface area contributed by atoms with E-state index in [1.807, 2.05) is 54.6 Å². The van der Waals surface area contributed by atoms with Crippen molar-refractivity contribution in [2.45, 2.75) is 18.3 Å². The van der Waals surface area contributed by atoms with Gasteiger partial charge in [0.2, 0.25) is 18.6 Å². The van der Waals surface area contributed by atoms with Crippen molar-refractivity contribution in [3.8, 4) is 22.6 Å². The highest BCUT2D eigenvalue weighted by atomic mass is 16.7. The van der Waals surface area contributed by atoms with E-state index in [-0.39, 0.29) is 12.7 Å². The smallest absolute Gasteiger partial charge is 0.248 e. The number of nitrogens with one attached hydrogen (secondary N) is 1. The Morgan fingerprint density at radius 2 is 1.63 bits per heavy atom. The number of hydrogen-bond donors (Lipinski definition) is 2. The number of benzene rings is 3. The molecule has 2 aliphatic rings. The molecule has 1 heterocycles. The molecule has 150 valence electrons. The van der Waals surface area contributed by atoms with Gasteiger partial charge in [0.25, 0.3) is 0 Å². The number of ether oxygens (including phenoxy) is 2. The van der Waals surface area contributed by atoms with Crippen molar-refractivity contribution in [2.24, 2.45) is 5.73 Å². The topological polar surface area (TPSA) is 90.7 Å². The molecule has 0 saturated heterocycles. The Bertz CT molecular complexity index is 1150. The average Bonchev–Trinajstić information content (AvgIpc) is 3.45. The highest BCUT2D eigenvalue weighted by Crippen LogP contribution is 2.51. The van der Waals surface area contributed by atoms with Gasteiger partial charge in [0.1, 0.15) is 0 Å². The van der Waals surface area contributed by atoms with Crippen LogP contribution in [0.5, 0.6) is 11.5 Å². The second-order valence-electron chi connectivity index (χ2n) is 7.63. The minimum absolute atomic E-state index is 0.0254. The fraction of sp³-hybridized carbons (Fsp3) is 0.167. The summed E-state index contributed by atoms with van der Waals surface area (Å²) in [6, 6.07) is 20.4. The largest absolute Gasteiger partial charge is 0.454 e. The first-order chi connectivity index (χ1) is 14.5. The Hall–Kier alpha value is -3.80. The number of rotatable bonds is 5. The molecule has 0 bridgehead atoms. The predicted octanol–water partition coefficient (Wildman–Crippen LogP) is 3.85. The molecule has 6 nitrogen and oxygen atoms in total. The maximum atomic E-state index is 13.1. The molecule has 1 aliphatic carbocycles. The minimum Gasteiger partial charge on any atom is -0.454 e. The molecule has 0 unspecified atom stereocenters. The molecule has 5 rings (SSSR count).